The predicted octanol–water partition coefficient (Wildman–Crippen LogP) is 3.45. The topological polar surface area (TPSA) is 24.5 Å². The fraction of sp³-hybridized carbons (Fsp3) is 0.625. The van der Waals surface area contributed by atoms with Crippen molar-refractivity contribution in [3.05, 3.63) is 28.2 Å². The Morgan fingerprint density at radius 1 is 1.38 bits per heavy atom. The molecule has 1 spiro atoms. The second-order valence-electron chi connectivity index (χ2n) is 6.42. The molecule has 1 N–H and O–H groups in total. The van der Waals surface area contributed by atoms with E-state index in [4.69, 9.17) is 27.9 Å². The van der Waals surface area contributed by atoms with Gasteiger partial charge in [-0.05, 0) is 56.5 Å². The maximum atomic E-state index is 6.16. The van der Waals surface area contributed by atoms with Crippen LogP contribution in [0.25, 0.3) is 0 Å². The van der Waals surface area contributed by atoms with Crippen molar-refractivity contribution in [2.45, 2.75) is 25.9 Å². The van der Waals surface area contributed by atoms with Gasteiger partial charge in [0.25, 0.3) is 0 Å². The Morgan fingerprint density at radius 2 is 2.24 bits per heavy atom. The Kier molecular flexibility index (Phi) is 4.65. The number of hydrogen-bond acceptors (Lipinski definition) is 3. The molecule has 5 heteroatoms. The van der Waals surface area contributed by atoms with E-state index >= 15 is 0 Å². The lowest BCUT2D eigenvalue weighted by Gasteiger charge is -2.25. The van der Waals surface area contributed by atoms with Crippen LogP contribution in [0.3, 0.4) is 0 Å². The second kappa shape index (κ2) is 6.33. The maximum Gasteiger partial charge on any atom is 0.138 e. The van der Waals surface area contributed by atoms with Gasteiger partial charge in [0.05, 0.1) is 5.02 Å². The fourth-order valence-corrected chi connectivity index (χ4v) is 3.97. The van der Waals surface area contributed by atoms with Crippen LogP contribution in [0.4, 0.5) is 0 Å². The number of benzene rings is 1. The van der Waals surface area contributed by atoms with E-state index in [2.05, 4.69) is 17.1 Å². The van der Waals surface area contributed by atoms with Gasteiger partial charge in [0.15, 0.2) is 0 Å². The Morgan fingerprint density at radius 3 is 2.95 bits per heavy atom. The maximum absolute atomic E-state index is 6.16. The van der Waals surface area contributed by atoms with E-state index in [9.17, 15) is 0 Å². The van der Waals surface area contributed by atoms with Gasteiger partial charge in [-0.25, -0.2) is 0 Å². The standard InChI is InChI=1S/C16H22Cl2N2O/c1-12(21-15-3-2-13(17)8-14(15)18)9-20-7-5-16(11-20)4-6-19-10-16/h2-3,8,12,19H,4-7,9-11H2,1H3. The highest BCUT2D eigenvalue weighted by molar-refractivity contribution is 6.35. The number of likely N-dealkylation sites (tertiary alicyclic amines) is 1. The monoisotopic (exact) mass is 328 g/mol. The molecule has 0 bridgehead atoms. The molecule has 0 aliphatic carbocycles. The fourth-order valence-electron chi connectivity index (χ4n) is 3.52. The summed E-state index contributed by atoms with van der Waals surface area (Å²) in [7, 11) is 0. The molecule has 2 aliphatic rings. The van der Waals surface area contributed by atoms with Gasteiger partial charge in [0.2, 0.25) is 0 Å². The zero-order valence-electron chi connectivity index (χ0n) is 12.4. The summed E-state index contributed by atoms with van der Waals surface area (Å²) in [6.07, 6.45) is 2.73. The predicted molar refractivity (Wildman–Crippen MR) is 87.5 cm³/mol. The summed E-state index contributed by atoms with van der Waals surface area (Å²) in [6, 6.07) is 5.37. The summed E-state index contributed by atoms with van der Waals surface area (Å²) >= 11 is 12.1. The third kappa shape index (κ3) is 3.65. The van der Waals surface area contributed by atoms with Crippen LogP contribution in [0.5, 0.6) is 5.75 Å². The molecule has 3 rings (SSSR count). The molecular weight excluding hydrogens is 307 g/mol. The molecule has 21 heavy (non-hydrogen) atoms. The van der Waals surface area contributed by atoms with E-state index in [0.717, 1.165) is 6.54 Å². The molecule has 0 amide bonds. The minimum Gasteiger partial charge on any atom is -0.488 e. The minimum absolute atomic E-state index is 0.119. The van der Waals surface area contributed by atoms with Crippen LogP contribution in [0.15, 0.2) is 18.2 Å². The Bertz CT molecular complexity index is 503. The molecule has 0 radical (unpaired) electrons. The van der Waals surface area contributed by atoms with Crippen molar-refractivity contribution >= 4 is 23.2 Å². The van der Waals surface area contributed by atoms with Gasteiger partial charge in [-0.3, -0.25) is 4.90 Å². The molecule has 1 aromatic carbocycles. The average molecular weight is 329 g/mol. The van der Waals surface area contributed by atoms with Crippen LogP contribution in [-0.2, 0) is 0 Å². The largest absolute Gasteiger partial charge is 0.488 e. The zero-order valence-corrected chi connectivity index (χ0v) is 13.9. The van der Waals surface area contributed by atoms with E-state index in [0.29, 0.717) is 21.2 Å². The first-order chi connectivity index (χ1) is 10.1. The van der Waals surface area contributed by atoms with Gasteiger partial charge >= 0.3 is 0 Å². The van der Waals surface area contributed by atoms with Gasteiger partial charge in [-0.2, -0.15) is 0 Å². The summed E-state index contributed by atoms with van der Waals surface area (Å²) in [5.74, 6) is 0.713. The van der Waals surface area contributed by atoms with E-state index in [-0.39, 0.29) is 6.10 Å². The summed E-state index contributed by atoms with van der Waals surface area (Å²) in [5.41, 5.74) is 0.512. The first kappa shape index (κ1) is 15.4. The molecule has 2 fully saturated rings. The Hall–Kier alpha value is -0.480. The molecule has 2 atom stereocenters. The third-order valence-corrected chi connectivity index (χ3v) is 5.12. The molecule has 116 valence electrons. The summed E-state index contributed by atoms with van der Waals surface area (Å²) in [5, 5.41) is 4.70. The molecule has 2 aliphatic heterocycles. The number of nitrogens with zero attached hydrogens (tertiary/aromatic N) is 1. The van der Waals surface area contributed by atoms with Crippen molar-refractivity contribution in [2.75, 3.05) is 32.7 Å². The molecule has 2 unspecified atom stereocenters. The van der Waals surface area contributed by atoms with Crippen molar-refractivity contribution in [2.24, 2.45) is 5.41 Å². The highest BCUT2D eigenvalue weighted by Crippen LogP contribution is 2.36. The van der Waals surface area contributed by atoms with E-state index in [1.807, 2.05) is 12.1 Å². The van der Waals surface area contributed by atoms with Gasteiger partial charge in [-0.15, -0.1) is 0 Å². The minimum atomic E-state index is 0.119. The number of rotatable bonds is 4. The first-order valence-electron chi connectivity index (χ1n) is 7.61. The lowest BCUT2D eigenvalue weighted by molar-refractivity contribution is 0.153. The van der Waals surface area contributed by atoms with Crippen LogP contribution in [0.2, 0.25) is 10.0 Å². The summed E-state index contributed by atoms with van der Waals surface area (Å²) in [4.78, 5) is 2.52. The number of halogens is 2. The lowest BCUT2D eigenvalue weighted by Crippen LogP contribution is -2.35. The highest BCUT2D eigenvalue weighted by Gasteiger charge is 2.40. The highest BCUT2D eigenvalue weighted by atomic mass is 35.5. The summed E-state index contributed by atoms with van der Waals surface area (Å²) < 4.78 is 5.97. The average Bonchev–Trinajstić information content (AvgIpc) is 3.04. The lowest BCUT2D eigenvalue weighted by atomic mass is 9.87. The first-order valence-corrected chi connectivity index (χ1v) is 8.37. The van der Waals surface area contributed by atoms with Crippen LogP contribution in [0, 0.1) is 5.41 Å². The van der Waals surface area contributed by atoms with Crippen LogP contribution >= 0.6 is 23.2 Å². The Labute approximate surface area is 136 Å². The van der Waals surface area contributed by atoms with Gasteiger partial charge < -0.3 is 10.1 Å². The van der Waals surface area contributed by atoms with E-state index in [1.54, 1.807) is 6.07 Å². The quantitative estimate of drug-likeness (QED) is 0.916. The molecule has 1 aromatic rings. The van der Waals surface area contributed by atoms with E-state index < -0.39 is 0 Å². The summed E-state index contributed by atoms with van der Waals surface area (Å²) in [6.45, 7) is 7.73. The molecular formula is C16H22Cl2N2O. The third-order valence-electron chi connectivity index (χ3n) is 4.59. The molecule has 0 aromatic heterocycles. The number of ether oxygens (including phenoxy) is 1. The van der Waals surface area contributed by atoms with Crippen LogP contribution in [-0.4, -0.2) is 43.7 Å². The van der Waals surface area contributed by atoms with Crippen molar-refractivity contribution in [3.63, 3.8) is 0 Å². The van der Waals surface area contributed by atoms with Crippen molar-refractivity contribution in [3.8, 4) is 5.75 Å². The van der Waals surface area contributed by atoms with Gasteiger partial charge in [0, 0.05) is 24.7 Å². The number of hydrogen-bond donors (Lipinski definition) is 1. The molecule has 2 heterocycles. The van der Waals surface area contributed by atoms with Crippen molar-refractivity contribution in [1.29, 1.82) is 0 Å². The normalized spacial score (nSPS) is 27.4. The van der Waals surface area contributed by atoms with Crippen LogP contribution < -0.4 is 10.1 Å². The van der Waals surface area contributed by atoms with E-state index in [1.165, 1.54) is 39.0 Å². The van der Waals surface area contributed by atoms with Crippen molar-refractivity contribution < 1.29 is 4.74 Å². The Balaban J connectivity index is 1.53. The number of nitrogens with one attached hydrogen (secondary N) is 1. The molecule has 3 nitrogen and oxygen atoms in total. The van der Waals surface area contributed by atoms with Crippen LogP contribution in [0.1, 0.15) is 19.8 Å². The smallest absolute Gasteiger partial charge is 0.138 e. The molecule has 0 saturated carbocycles. The SMILES string of the molecule is CC(CN1CCC2(CCNC2)C1)Oc1ccc(Cl)cc1Cl. The molecule has 2 saturated heterocycles. The second-order valence-corrected chi connectivity index (χ2v) is 7.26. The van der Waals surface area contributed by atoms with Gasteiger partial charge in [0.1, 0.15) is 11.9 Å². The van der Waals surface area contributed by atoms with Gasteiger partial charge in [-0.1, -0.05) is 23.2 Å². The van der Waals surface area contributed by atoms with Crippen molar-refractivity contribution in [1.82, 2.24) is 10.2 Å². The zero-order chi connectivity index (χ0) is 14.9.